The van der Waals surface area contributed by atoms with Gasteiger partial charge in [-0.15, -0.1) is 0 Å². The molecular formula is C15H30O2S. The van der Waals surface area contributed by atoms with E-state index in [0.717, 1.165) is 17.4 Å². The standard InChI is InChI=1S/C15H30O2S/c1-3-5-9-14(4-2)10-7-6-8-12-18-13-11-15(16)17/h14H,3-13H2,1-2H3,(H,16,17). The van der Waals surface area contributed by atoms with Gasteiger partial charge in [0.25, 0.3) is 0 Å². The Morgan fingerprint density at radius 3 is 2.39 bits per heavy atom. The molecule has 1 atom stereocenters. The van der Waals surface area contributed by atoms with E-state index in [4.69, 9.17) is 5.11 Å². The fraction of sp³-hybridized carbons (Fsp3) is 0.933. The van der Waals surface area contributed by atoms with Crippen LogP contribution in [0.2, 0.25) is 0 Å². The zero-order valence-corrected chi connectivity index (χ0v) is 12.9. The molecule has 0 aliphatic rings. The predicted molar refractivity (Wildman–Crippen MR) is 81.4 cm³/mol. The molecule has 0 amide bonds. The second kappa shape index (κ2) is 13.3. The summed E-state index contributed by atoms with van der Waals surface area (Å²) in [6, 6.07) is 0. The molecule has 3 heteroatoms. The number of hydrogen-bond acceptors (Lipinski definition) is 2. The number of carbonyl (C=O) groups is 1. The second-order valence-corrected chi connectivity index (χ2v) is 6.25. The third kappa shape index (κ3) is 12.3. The highest BCUT2D eigenvalue weighted by atomic mass is 32.2. The molecule has 18 heavy (non-hydrogen) atoms. The summed E-state index contributed by atoms with van der Waals surface area (Å²) in [6.45, 7) is 4.57. The van der Waals surface area contributed by atoms with Gasteiger partial charge in [0.05, 0.1) is 6.42 Å². The molecule has 0 aliphatic heterocycles. The zero-order valence-electron chi connectivity index (χ0n) is 12.1. The fourth-order valence-corrected chi connectivity index (χ4v) is 3.05. The minimum absolute atomic E-state index is 0.305. The summed E-state index contributed by atoms with van der Waals surface area (Å²) in [4.78, 5) is 10.3. The number of aliphatic carboxylic acids is 1. The molecule has 0 aliphatic carbocycles. The minimum Gasteiger partial charge on any atom is -0.481 e. The van der Waals surface area contributed by atoms with Crippen LogP contribution in [0.3, 0.4) is 0 Å². The lowest BCUT2D eigenvalue weighted by molar-refractivity contribution is -0.136. The van der Waals surface area contributed by atoms with Gasteiger partial charge in [-0.25, -0.2) is 0 Å². The molecule has 0 aromatic carbocycles. The van der Waals surface area contributed by atoms with Crippen LogP contribution in [0.4, 0.5) is 0 Å². The van der Waals surface area contributed by atoms with E-state index >= 15 is 0 Å². The molecule has 0 spiro atoms. The van der Waals surface area contributed by atoms with Gasteiger partial charge in [0.2, 0.25) is 0 Å². The normalized spacial score (nSPS) is 12.6. The highest BCUT2D eigenvalue weighted by Crippen LogP contribution is 2.20. The zero-order chi connectivity index (χ0) is 13.6. The molecule has 0 saturated heterocycles. The maximum Gasteiger partial charge on any atom is 0.304 e. The Labute approximate surface area is 117 Å². The molecule has 0 rings (SSSR count). The first kappa shape index (κ1) is 17.8. The summed E-state index contributed by atoms with van der Waals surface area (Å²) in [7, 11) is 0. The van der Waals surface area contributed by atoms with E-state index in [9.17, 15) is 4.79 Å². The Morgan fingerprint density at radius 1 is 1.06 bits per heavy atom. The highest BCUT2D eigenvalue weighted by Gasteiger charge is 2.05. The monoisotopic (exact) mass is 274 g/mol. The van der Waals surface area contributed by atoms with Gasteiger partial charge in [-0.05, 0) is 18.1 Å². The number of thioether (sulfide) groups is 1. The SMILES string of the molecule is CCCCC(CC)CCCCCSCCC(=O)O. The molecule has 0 saturated carbocycles. The van der Waals surface area contributed by atoms with E-state index < -0.39 is 5.97 Å². The van der Waals surface area contributed by atoms with Crippen LogP contribution in [0.1, 0.15) is 71.6 Å². The number of hydrogen-bond donors (Lipinski definition) is 1. The molecule has 1 unspecified atom stereocenters. The summed E-state index contributed by atoms with van der Waals surface area (Å²) >= 11 is 1.78. The number of unbranched alkanes of at least 4 members (excludes halogenated alkanes) is 3. The second-order valence-electron chi connectivity index (χ2n) is 5.02. The summed E-state index contributed by atoms with van der Waals surface area (Å²) in [6.07, 6.45) is 11.0. The van der Waals surface area contributed by atoms with Gasteiger partial charge in [-0.1, -0.05) is 58.8 Å². The Morgan fingerprint density at radius 2 is 1.78 bits per heavy atom. The van der Waals surface area contributed by atoms with Crippen molar-refractivity contribution in [3.8, 4) is 0 Å². The quantitative estimate of drug-likeness (QED) is 0.482. The number of carboxylic acid groups (broad SMARTS) is 1. The van der Waals surface area contributed by atoms with Gasteiger partial charge in [-0.2, -0.15) is 11.8 Å². The average Bonchev–Trinajstić information content (AvgIpc) is 2.35. The molecule has 1 N–H and O–H groups in total. The molecule has 108 valence electrons. The van der Waals surface area contributed by atoms with Gasteiger partial charge in [0.15, 0.2) is 0 Å². The number of carboxylic acids is 1. The van der Waals surface area contributed by atoms with E-state index in [-0.39, 0.29) is 0 Å². The first-order chi connectivity index (χ1) is 8.70. The van der Waals surface area contributed by atoms with Gasteiger partial charge in [0, 0.05) is 5.75 Å². The summed E-state index contributed by atoms with van der Waals surface area (Å²) in [5.74, 6) is 2.15. The van der Waals surface area contributed by atoms with Crippen LogP contribution in [0.5, 0.6) is 0 Å². The first-order valence-corrected chi connectivity index (χ1v) is 8.65. The van der Waals surface area contributed by atoms with Gasteiger partial charge >= 0.3 is 5.97 Å². The summed E-state index contributed by atoms with van der Waals surface area (Å²) in [5.41, 5.74) is 0. The topological polar surface area (TPSA) is 37.3 Å². The third-order valence-corrected chi connectivity index (χ3v) is 4.47. The van der Waals surface area contributed by atoms with Crippen molar-refractivity contribution >= 4 is 17.7 Å². The van der Waals surface area contributed by atoms with Gasteiger partial charge in [0.1, 0.15) is 0 Å². The molecule has 2 nitrogen and oxygen atoms in total. The average molecular weight is 274 g/mol. The Balaban J connectivity index is 3.24. The molecule has 0 aromatic rings. The maximum absolute atomic E-state index is 10.3. The van der Waals surface area contributed by atoms with Crippen molar-refractivity contribution in [2.45, 2.75) is 71.6 Å². The van der Waals surface area contributed by atoms with Crippen LogP contribution in [0.25, 0.3) is 0 Å². The lowest BCUT2D eigenvalue weighted by Crippen LogP contribution is -1.99. The van der Waals surface area contributed by atoms with Crippen LogP contribution in [0, 0.1) is 5.92 Å². The Kier molecular flexibility index (Phi) is 13.1. The van der Waals surface area contributed by atoms with Crippen molar-refractivity contribution in [3.63, 3.8) is 0 Å². The van der Waals surface area contributed by atoms with Crippen molar-refractivity contribution in [1.29, 1.82) is 0 Å². The van der Waals surface area contributed by atoms with E-state index in [1.165, 1.54) is 51.4 Å². The van der Waals surface area contributed by atoms with Crippen LogP contribution < -0.4 is 0 Å². The minimum atomic E-state index is -0.677. The molecule has 0 aromatic heterocycles. The smallest absolute Gasteiger partial charge is 0.304 e. The number of rotatable bonds is 13. The van der Waals surface area contributed by atoms with Crippen molar-refractivity contribution < 1.29 is 9.90 Å². The van der Waals surface area contributed by atoms with Crippen LogP contribution >= 0.6 is 11.8 Å². The Hall–Kier alpha value is -0.180. The largest absolute Gasteiger partial charge is 0.481 e. The summed E-state index contributed by atoms with van der Waals surface area (Å²) < 4.78 is 0. The van der Waals surface area contributed by atoms with E-state index in [1.807, 2.05) is 0 Å². The lowest BCUT2D eigenvalue weighted by Gasteiger charge is -2.13. The Bertz CT molecular complexity index is 195. The van der Waals surface area contributed by atoms with Gasteiger partial charge < -0.3 is 5.11 Å². The van der Waals surface area contributed by atoms with E-state index in [0.29, 0.717) is 6.42 Å². The van der Waals surface area contributed by atoms with E-state index in [1.54, 1.807) is 11.8 Å². The van der Waals surface area contributed by atoms with Gasteiger partial charge in [-0.3, -0.25) is 4.79 Å². The first-order valence-electron chi connectivity index (χ1n) is 7.50. The van der Waals surface area contributed by atoms with Crippen LogP contribution in [0.15, 0.2) is 0 Å². The van der Waals surface area contributed by atoms with Crippen molar-refractivity contribution in [2.75, 3.05) is 11.5 Å². The van der Waals surface area contributed by atoms with Crippen molar-refractivity contribution in [1.82, 2.24) is 0 Å². The van der Waals surface area contributed by atoms with Crippen molar-refractivity contribution in [3.05, 3.63) is 0 Å². The molecule has 0 bridgehead atoms. The predicted octanol–water partition coefficient (Wildman–Crippen LogP) is 4.97. The third-order valence-electron chi connectivity index (χ3n) is 3.40. The molecule has 0 radical (unpaired) electrons. The van der Waals surface area contributed by atoms with Crippen molar-refractivity contribution in [2.24, 2.45) is 5.92 Å². The van der Waals surface area contributed by atoms with Crippen LogP contribution in [-0.2, 0) is 4.79 Å². The highest BCUT2D eigenvalue weighted by molar-refractivity contribution is 7.99. The maximum atomic E-state index is 10.3. The molecule has 0 fully saturated rings. The molecule has 0 heterocycles. The van der Waals surface area contributed by atoms with E-state index in [2.05, 4.69) is 13.8 Å². The lowest BCUT2D eigenvalue weighted by atomic mass is 9.93. The molecular weight excluding hydrogens is 244 g/mol. The van der Waals surface area contributed by atoms with Crippen LogP contribution in [-0.4, -0.2) is 22.6 Å². The fourth-order valence-electron chi connectivity index (χ4n) is 2.12. The summed E-state index contributed by atoms with van der Waals surface area (Å²) in [5, 5.41) is 8.50.